The first-order valence-corrected chi connectivity index (χ1v) is 23.1. The van der Waals surface area contributed by atoms with Gasteiger partial charge in [0.05, 0.1) is 83.3 Å². The Bertz CT molecular complexity index is 2290. The normalized spacial score (nSPS) is 13.3. The second kappa shape index (κ2) is 25.4. The Morgan fingerprint density at radius 3 is 0.686 bits per heavy atom. The van der Waals surface area contributed by atoms with Crippen LogP contribution < -0.4 is 56.8 Å². The Balaban J connectivity index is 1.13. The molecule has 0 aliphatic carbocycles. The van der Waals surface area contributed by atoms with Crippen molar-refractivity contribution >= 4 is 0 Å². The molecule has 70 heavy (non-hydrogen) atoms. The van der Waals surface area contributed by atoms with E-state index in [9.17, 15) is 0 Å². The van der Waals surface area contributed by atoms with Gasteiger partial charge < -0.3 is 66.3 Å². The molecule has 0 spiro atoms. The van der Waals surface area contributed by atoms with Crippen molar-refractivity contribution in [2.45, 2.75) is 25.7 Å². The van der Waals surface area contributed by atoms with Crippen LogP contribution in [-0.4, -0.2) is 110 Å². The van der Waals surface area contributed by atoms with Gasteiger partial charge in [0.25, 0.3) is 0 Å². The van der Waals surface area contributed by atoms with Gasteiger partial charge in [0.1, 0.15) is 26.4 Å². The van der Waals surface area contributed by atoms with Crippen molar-refractivity contribution < 1.29 is 66.3 Å². The minimum Gasteiger partial charge on any atom is -0.493 e. The molecule has 0 fully saturated rings. The molecule has 0 bridgehead atoms. The van der Waals surface area contributed by atoms with Crippen molar-refractivity contribution in [1.82, 2.24) is 0 Å². The number of hydrogen-bond donors (Lipinski definition) is 0. The van der Waals surface area contributed by atoms with Crippen LogP contribution in [0.5, 0.6) is 69.0 Å². The smallest absolute Gasteiger partial charge is 0.161 e. The van der Waals surface area contributed by atoms with Crippen LogP contribution in [-0.2, 0) is 35.2 Å². The molecule has 14 heteroatoms. The first kappa shape index (κ1) is 50.7. The minimum absolute atomic E-state index is 0.270. The molecule has 0 N–H and O–H groups in total. The lowest BCUT2D eigenvalue weighted by Gasteiger charge is -2.20. The Morgan fingerprint density at radius 2 is 0.486 bits per heavy atom. The standard InChI is InChI=1S/C56H64O14/c1-57-45-13-9-37(29-49(45)61-5)25-41-33-53-54(34-42(41)26-38-10-14-46(58-2)50(30-38)62-6)68-22-18-66-20-24-70-56-36-44(28-40-12-16-48(60-4)52(32-40)64-8)43(35-55(56)69-23-19-65-17-21-67-53)27-39-11-15-47(59-3)51(31-39)63-7/h9-16,29-36H,17-28H2,1-8H3. The molecule has 1 heterocycles. The average Bonchev–Trinajstić information content (AvgIpc) is 3.39. The highest BCUT2D eigenvalue weighted by Crippen LogP contribution is 2.39. The zero-order chi connectivity index (χ0) is 49.2. The number of ether oxygens (including phenoxy) is 14. The van der Waals surface area contributed by atoms with E-state index < -0.39 is 0 Å². The monoisotopic (exact) mass is 960 g/mol. The maximum Gasteiger partial charge on any atom is 0.161 e. The fourth-order valence-electron chi connectivity index (χ4n) is 8.29. The van der Waals surface area contributed by atoms with Crippen molar-refractivity contribution in [2.24, 2.45) is 0 Å². The minimum atomic E-state index is 0.270. The first-order valence-electron chi connectivity index (χ1n) is 23.1. The molecule has 6 aromatic rings. The molecule has 0 saturated carbocycles. The highest BCUT2D eigenvalue weighted by molar-refractivity contribution is 5.55. The number of fused-ring (bicyclic) bond motifs is 2. The molecule has 1 aliphatic rings. The molecule has 0 unspecified atom stereocenters. The van der Waals surface area contributed by atoms with Gasteiger partial charge in [0, 0.05) is 0 Å². The van der Waals surface area contributed by atoms with Crippen LogP contribution in [0, 0.1) is 0 Å². The Hall–Kier alpha value is -7.16. The summed E-state index contributed by atoms with van der Waals surface area (Å²) in [6, 6.07) is 32.0. The number of benzene rings is 6. The quantitative estimate of drug-likeness (QED) is 0.0914. The van der Waals surface area contributed by atoms with E-state index in [1.165, 1.54) is 0 Å². The molecule has 6 aromatic carbocycles. The molecule has 0 amide bonds. The van der Waals surface area contributed by atoms with E-state index in [0.717, 1.165) is 44.5 Å². The van der Waals surface area contributed by atoms with E-state index in [1.807, 2.05) is 97.1 Å². The average molecular weight is 961 g/mol. The second-order valence-electron chi connectivity index (χ2n) is 16.2. The molecule has 7 rings (SSSR count). The molecule has 0 atom stereocenters. The van der Waals surface area contributed by atoms with Gasteiger partial charge in [0.2, 0.25) is 0 Å². The predicted octanol–water partition coefficient (Wildman–Crippen LogP) is 9.38. The highest BCUT2D eigenvalue weighted by Gasteiger charge is 2.19. The van der Waals surface area contributed by atoms with Crippen LogP contribution in [0.3, 0.4) is 0 Å². The maximum absolute atomic E-state index is 6.45. The van der Waals surface area contributed by atoms with Crippen LogP contribution in [0.15, 0.2) is 97.1 Å². The van der Waals surface area contributed by atoms with E-state index >= 15 is 0 Å². The highest BCUT2D eigenvalue weighted by atomic mass is 16.6. The van der Waals surface area contributed by atoms with Crippen molar-refractivity contribution in [3.63, 3.8) is 0 Å². The third-order valence-corrected chi connectivity index (χ3v) is 11.8. The van der Waals surface area contributed by atoms with Crippen LogP contribution >= 0.6 is 0 Å². The number of rotatable bonds is 16. The SMILES string of the molecule is COc1ccc(Cc2cc3c(cc2Cc2ccc(OC)c(OC)c2)OCCOCCOc2cc(Cc4ccc(OC)c(OC)c4)c(Cc4ccc(OC)c(OC)c4)cc2OCCOCCO3)cc1OC. The van der Waals surface area contributed by atoms with Gasteiger partial charge in [-0.25, -0.2) is 0 Å². The Labute approximate surface area is 411 Å². The summed E-state index contributed by atoms with van der Waals surface area (Å²) >= 11 is 0. The van der Waals surface area contributed by atoms with Gasteiger partial charge in [-0.3, -0.25) is 0 Å². The third-order valence-electron chi connectivity index (χ3n) is 11.8. The fraction of sp³-hybridized carbons (Fsp3) is 0.357. The van der Waals surface area contributed by atoms with Crippen LogP contribution in [0.1, 0.15) is 44.5 Å². The zero-order valence-corrected chi connectivity index (χ0v) is 41.4. The summed E-state index contributed by atoms with van der Waals surface area (Å²) < 4.78 is 82.7. The van der Waals surface area contributed by atoms with Crippen molar-refractivity contribution in [2.75, 3.05) is 110 Å². The van der Waals surface area contributed by atoms with E-state index in [1.54, 1.807) is 56.9 Å². The summed E-state index contributed by atoms with van der Waals surface area (Å²) in [5, 5.41) is 0. The summed E-state index contributed by atoms with van der Waals surface area (Å²) in [6.07, 6.45) is 2.36. The summed E-state index contributed by atoms with van der Waals surface area (Å²) in [5.41, 5.74) is 8.33. The Morgan fingerprint density at radius 1 is 0.271 bits per heavy atom. The number of methoxy groups -OCH3 is 8. The summed E-state index contributed by atoms with van der Waals surface area (Å²) in [6.45, 7) is 2.31. The first-order chi connectivity index (χ1) is 34.3. The van der Waals surface area contributed by atoms with Gasteiger partial charge in [-0.05, 0) is 143 Å². The third kappa shape index (κ3) is 13.1. The molecule has 14 nitrogen and oxygen atoms in total. The van der Waals surface area contributed by atoms with Crippen molar-refractivity contribution in [3.8, 4) is 69.0 Å². The molecule has 0 radical (unpaired) electrons. The van der Waals surface area contributed by atoms with E-state index in [0.29, 0.717) is 121 Å². The van der Waals surface area contributed by atoms with Gasteiger partial charge in [-0.15, -0.1) is 0 Å². The molecular formula is C56H64O14. The van der Waals surface area contributed by atoms with E-state index in [4.69, 9.17) is 66.3 Å². The molecular weight excluding hydrogens is 897 g/mol. The van der Waals surface area contributed by atoms with Crippen molar-refractivity contribution in [3.05, 3.63) is 142 Å². The topological polar surface area (TPSA) is 129 Å². The lowest BCUT2D eigenvalue weighted by Crippen LogP contribution is -2.16. The van der Waals surface area contributed by atoms with Crippen molar-refractivity contribution in [1.29, 1.82) is 0 Å². The molecule has 1 aliphatic heterocycles. The zero-order valence-electron chi connectivity index (χ0n) is 41.4. The van der Waals surface area contributed by atoms with Crippen LogP contribution in [0.4, 0.5) is 0 Å². The predicted molar refractivity (Wildman–Crippen MR) is 266 cm³/mol. The summed E-state index contributed by atoms with van der Waals surface area (Å²) in [7, 11) is 13.1. The summed E-state index contributed by atoms with van der Waals surface area (Å²) in [5.74, 6) is 7.61. The van der Waals surface area contributed by atoms with Gasteiger partial charge in [-0.2, -0.15) is 0 Å². The molecule has 372 valence electrons. The largest absolute Gasteiger partial charge is 0.493 e. The lowest BCUT2D eigenvalue weighted by molar-refractivity contribution is 0.0639. The van der Waals surface area contributed by atoms with E-state index in [-0.39, 0.29) is 26.4 Å². The van der Waals surface area contributed by atoms with E-state index in [2.05, 4.69) is 0 Å². The van der Waals surface area contributed by atoms with Crippen LogP contribution in [0.25, 0.3) is 0 Å². The second-order valence-corrected chi connectivity index (χ2v) is 16.2. The summed E-state index contributed by atoms with van der Waals surface area (Å²) in [4.78, 5) is 0. The number of hydrogen-bond acceptors (Lipinski definition) is 14. The Kier molecular flexibility index (Phi) is 18.4. The van der Waals surface area contributed by atoms with Gasteiger partial charge in [-0.1, -0.05) is 24.3 Å². The van der Waals surface area contributed by atoms with Gasteiger partial charge in [0.15, 0.2) is 69.0 Å². The molecule has 0 saturated heterocycles. The van der Waals surface area contributed by atoms with Crippen LogP contribution in [0.2, 0.25) is 0 Å². The fourth-order valence-corrected chi connectivity index (χ4v) is 8.29. The lowest BCUT2D eigenvalue weighted by atomic mass is 9.94. The molecule has 0 aromatic heterocycles. The van der Waals surface area contributed by atoms with Gasteiger partial charge >= 0.3 is 0 Å². The maximum atomic E-state index is 6.45.